The monoisotopic (exact) mass is 514 g/mol. The molecule has 2 aromatic heterocycles. The molecular formula is C29H31FN6O2. The lowest BCUT2D eigenvalue weighted by atomic mass is 9.70. The molecule has 1 N–H and O–H groups in total. The van der Waals surface area contributed by atoms with E-state index in [-0.39, 0.29) is 41.1 Å². The first kappa shape index (κ1) is 25.7. The number of hydrogen-bond acceptors (Lipinski definition) is 7. The van der Waals surface area contributed by atoms with E-state index < -0.39 is 5.60 Å². The van der Waals surface area contributed by atoms with Gasteiger partial charge >= 0.3 is 0 Å². The number of aromatic nitrogens is 3. The standard InChI is InChI=1S/C29H31FN6O2/c1-18-4-10-26(32-13-18)24-16-35(27-11-9-23(12-31)33-34-27)17-25(24)28(37)36-14-19(2)29(38,20(3)15-36)21-5-7-22(30)8-6-21/h4-11,13,19-20,24-25,38H,14-17H2,1-3H3/t19-,20+,24-,25-,29?/m1/s1. The molecule has 0 radical (unpaired) electrons. The van der Waals surface area contributed by atoms with Gasteiger partial charge < -0.3 is 14.9 Å². The summed E-state index contributed by atoms with van der Waals surface area (Å²) in [6.45, 7) is 7.62. The van der Waals surface area contributed by atoms with Crippen LogP contribution in [0.2, 0.25) is 0 Å². The number of pyridine rings is 1. The Bertz CT molecular complexity index is 1330. The molecule has 1 aromatic carbocycles. The molecule has 0 bridgehead atoms. The normalized spacial score (nSPS) is 27.3. The third-order valence-corrected chi connectivity index (χ3v) is 8.15. The first-order valence-electron chi connectivity index (χ1n) is 12.9. The van der Waals surface area contributed by atoms with Crippen LogP contribution in [0.5, 0.6) is 0 Å². The molecule has 2 fully saturated rings. The summed E-state index contributed by atoms with van der Waals surface area (Å²) < 4.78 is 13.5. The Balaban J connectivity index is 1.40. The molecule has 1 unspecified atom stereocenters. The Morgan fingerprint density at radius 1 is 1.03 bits per heavy atom. The summed E-state index contributed by atoms with van der Waals surface area (Å²) >= 11 is 0. The molecule has 4 heterocycles. The Morgan fingerprint density at radius 3 is 2.32 bits per heavy atom. The van der Waals surface area contributed by atoms with Crippen LogP contribution in [0, 0.1) is 41.8 Å². The van der Waals surface area contributed by atoms with E-state index in [4.69, 9.17) is 5.26 Å². The fraction of sp³-hybridized carbons (Fsp3) is 0.414. The van der Waals surface area contributed by atoms with E-state index in [1.54, 1.807) is 24.3 Å². The number of aryl methyl sites for hydroxylation is 1. The van der Waals surface area contributed by atoms with Gasteiger partial charge in [0.15, 0.2) is 11.5 Å². The Labute approximate surface area is 221 Å². The number of halogens is 1. The van der Waals surface area contributed by atoms with E-state index in [1.807, 2.05) is 55.0 Å². The summed E-state index contributed by atoms with van der Waals surface area (Å²) in [4.78, 5) is 22.6. The van der Waals surface area contributed by atoms with Gasteiger partial charge in [-0.2, -0.15) is 5.26 Å². The summed E-state index contributed by atoms with van der Waals surface area (Å²) in [6, 6.07) is 15.3. The maximum absolute atomic E-state index is 14.1. The minimum atomic E-state index is -1.16. The third-order valence-electron chi connectivity index (χ3n) is 8.15. The lowest BCUT2D eigenvalue weighted by molar-refractivity contribution is -0.152. The fourth-order valence-electron chi connectivity index (χ4n) is 5.99. The van der Waals surface area contributed by atoms with Gasteiger partial charge in [0.25, 0.3) is 0 Å². The number of carbonyl (C=O) groups excluding carboxylic acids is 1. The summed E-state index contributed by atoms with van der Waals surface area (Å²) in [5, 5.41) is 29.0. The number of likely N-dealkylation sites (tertiary alicyclic amines) is 1. The number of rotatable bonds is 4. The molecule has 0 aliphatic carbocycles. The minimum absolute atomic E-state index is 0.0151. The van der Waals surface area contributed by atoms with Crippen LogP contribution in [0.25, 0.3) is 0 Å². The summed E-state index contributed by atoms with van der Waals surface area (Å²) in [5.41, 5.74) is 1.63. The van der Waals surface area contributed by atoms with Gasteiger partial charge in [0, 0.05) is 55.8 Å². The first-order chi connectivity index (χ1) is 18.2. The smallest absolute Gasteiger partial charge is 0.228 e. The van der Waals surface area contributed by atoms with E-state index in [9.17, 15) is 14.3 Å². The van der Waals surface area contributed by atoms with Gasteiger partial charge in [0.2, 0.25) is 5.91 Å². The molecule has 196 valence electrons. The molecule has 0 saturated carbocycles. The molecule has 2 aliphatic rings. The zero-order chi connectivity index (χ0) is 27.0. The van der Waals surface area contributed by atoms with Gasteiger partial charge in [-0.3, -0.25) is 9.78 Å². The van der Waals surface area contributed by atoms with Crippen molar-refractivity contribution in [3.8, 4) is 6.07 Å². The van der Waals surface area contributed by atoms with Gasteiger partial charge in [-0.05, 0) is 48.4 Å². The predicted octanol–water partition coefficient (Wildman–Crippen LogP) is 3.41. The first-order valence-corrected chi connectivity index (χ1v) is 12.9. The predicted molar refractivity (Wildman–Crippen MR) is 139 cm³/mol. The second kappa shape index (κ2) is 10.1. The van der Waals surface area contributed by atoms with Gasteiger partial charge in [-0.1, -0.05) is 32.0 Å². The molecule has 2 aliphatic heterocycles. The zero-order valence-electron chi connectivity index (χ0n) is 21.8. The van der Waals surface area contributed by atoms with Crippen LogP contribution in [0.1, 0.15) is 42.3 Å². The lowest BCUT2D eigenvalue weighted by Crippen LogP contribution is -2.57. The van der Waals surface area contributed by atoms with Crippen LogP contribution in [0.3, 0.4) is 0 Å². The van der Waals surface area contributed by atoms with Crippen molar-refractivity contribution in [3.05, 3.63) is 83.1 Å². The van der Waals surface area contributed by atoms with Crippen LogP contribution in [0.4, 0.5) is 10.2 Å². The average molecular weight is 515 g/mol. The number of anilines is 1. The fourth-order valence-corrected chi connectivity index (χ4v) is 5.99. The Hall–Kier alpha value is -3.90. The van der Waals surface area contributed by atoms with Crippen molar-refractivity contribution < 1.29 is 14.3 Å². The highest BCUT2D eigenvalue weighted by Crippen LogP contribution is 2.43. The Morgan fingerprint density at radius 2 is 1.74 bits per heavy atom. The molecule has 5 rings (SSSR count). The Kier molecular flexibility index (Phi) is 6.84. The third kappa shape index (κ3) is 4.61. The van der Waals surface area contributed by atoms with E-state index >= 15 is 0 Å². The molecule has 1 amide bonds. The highest BCUT2D eigenvalue weighted by molar-refractivity contribution is 5.81. The number of nitrogens with zero attached hydrogens (tertiary/aromatic N) is 6. The van der Waals surface area contributed by atoms with Crippen LogP contribution in [-0.4, -0.2) is 57.3 Å². The largest absolute Gasteiger partial charge is 0.384 e. The number of nitriles is 1. The maximum atomic E-state index is 14.1. The van der Waals surface area contributed by atoms with Crippen molar-refractivity contribution >= 4 is 11.7 Å². The van der Waals surface area contributed by atoms with Crippen LogP contribution < -0.4 is 4.90 Å². The molecule has 0 spiro atoms. The SMILES string of the molecule is Cc1ccc([C@@H]2CN(c3ccc(C#N)nn3)C[C@H]2C(=O)N2C[C@@H](C)C(O)(c3ccc(F)cc3)[C@@H](C)C2)nc1. The van der Waals surface area contributed by atoms with Crippen LogP contribution >= 0.6 is 0 Å². The summed E-state index contributed by atoms with van der Waals surface area (Å²) in [5.74, 6) is -0.734. The topological polar surface area (TPSA) is 106 Å². The summed E-state index contributed by atoms with van der Waals surface area (Å²) in [6.07, 6.45) is 1.81. The second-order valence-corrected chi connectivity index (χ2v) is 10.6. The minimum Gasteiger partial charge on any atom is -0.384 e. The molecule has 38 heavy (non-hydrogen) atoms. The zero-order valence-corrected chi connectivity index (χ0v) is 21.8. The van der Waals surface area contributed by atoms with Crippen LogP contribution in [-0.2, 0) is 10.4 Å². The van der Waals surface area contributed by atoms with E-state index in [0.717, 1.165) is 11.3 Å². The molecule has 2 saturated heterocycles. The van der Waals surface area contributed by atoms with E-state index in [1.165, 1.54) is 12.1 Å². The van der Waals surface area contributed by atoms with E-state index in [0.29, 0.717) is 37.6 Å². The quantitative estimate of drug-likeness (QED) is 0.569. The number of aliphatic hydroxyl groups is 1. The molecular weight excluding hydrogens is 483 g/mol. The van der Waals surface area contributed by atoms with Crippen molar-refractivity contribution in [2.45, 2.75) is 32.3 Å². The van der Waals surface area contributed by atoms with Crippen molar-refractivity contribution in [2.24, 2.45) is 17.8 Å². The molecule has 9 heteroatoms. The average Bonchev–Trinajstić information content (AvgIpc) is 3.37. The number of benzene rings is 1. The molecule has 5 atom stereocenters. The number of hydrogen-bond donors (Lipinski definition) is 1. The van der Waals surface area contributed by atoms with Crippen molar-refractivity contribution in [1.82, 2.24) is 20.1 Å². The highest BCUT2D eigenvalue weighted by Gasteiger charge is 2.49. The molecule has 3 aromatic rings. The van der Waals surface area contributed by atoms with E-state index in [2.05, 4.69) is 15.2 Å². The number of carbonyl (C=O) groups is 1. The van der Waals surface area contributed by atoms with Gasteiger partial charge in [0.1, 0.15) is 11.9 Å². The number of amides is 1. The molecule has 8 nitrogen and oxygen atoms in total. The van der Waals surface area contributed by atoms with Gasteiger partial charge in [-0.25, -0.2) is 4.39 Å². The second-order valence-electron chi connectivity index (χ2n) is 10.6. The highest BCUT2D eigenvalue weighted by atomic mass is 19.1. The maximum Gasteiger partial charge on any atom is 0.228 e. The van der Waals surface area contributed by atoms with Crippen molar-refractivity contribution in [3.63, 3.8) is 0 Å². The number of piperidine rings is 1. The lowest BCUT2D eigenvalue weighted by Gasteiger charge is -2.48. The van der Waals surface area contributed by atoms with Gasteiger partial charge in [0.05, 0.1) is 11.5 Å². The van der Waals surface area contributed by atoms with Crippen LogP contribution in [0.15, 0.2) is 54.7 Å². The summed E-state index contributed by atoms with van der Waals surface area (Å²) in [7, 11) is 0. The van der Waals surface area contributed by atoms with Gasteiger partial charge in [-0.15, -0.1) is 10.2 Å². The van der Waals surface area contributed by atoms with Crippen molar-refractivity contribution in [2.75, 3.05) is 31.1 Å². The van der Waals surface area contributed by atoms with Crippen molar-refractivity contribution in [1.29, 1.82) is 5.26 Å².